The topological polar surface area (TPSA) is 42.4 Å². The monoisotopic (exact) mass is 330 g/mol. The van der Waals surface area contributed by atoms with Gasteiger partial charge in [-0.15, -0.1) is 0 Å². The number of carbonyl (C=O) groups is 1. The van der Waals surface area contributed by atoms with Crippen LogP contribution in [0.15, 0.2) is 48.8 Å². The predicted molar refractivity (Wildman–Crippen MR) is 89.6 cm³/mol. The minimum absolute atomic E-state index is 0.162. The van der Waals surface area contributed by atoms with Crippen LogP contribution in [0.2, 0.25) is 5.02 Å². The van der Waals surface area contributed by atoms with Gasteiger partial charge in [-0.1, -0.05) is 23.7 Å². The van der Waals surface area contributed by atoms with Crippen molar-refractivity contribution in [1.82, 2.24) is 9.88 Å². The second-order valence-corrected chi connectivity index (χ2v) is 6.12. The first-order valence-corrected chi connectivity index (χ1v) is 8.17. The van der Waals surface area contributed by atoms with Gasteiger partial charge in [0.05, 0.1) is 6.42 Å². The maximum atomic E-state index is 12.4. The quantitative estimate of drug-likeness (QED) is 0.863. The molecular formula is C18H19ClN2O2. The molecule has 0 bridgehead atoms. The Kier molecular flexibility index (Phi) is 5.13. The van der Waals surface area contributed by atoms with Crippen LogP contribution in [0, 0.1) is 0 Å². The highest BCUT2D eigenvalue weighted by Crippen LogP contribution is 2.19. The lowest BCUT2D eigenvalue weighted by atomic mass is 10.1. The number of halogens is 1. The Balaban J connectivity index is 1.48. The number of carbonyl (C=O) groups excluding carboxylic acids is 1. The maximum Gasteiger partial charge on any atom is 0.226 e. The van der Waals surface area contributed by atoms with Gasteiger partial charge >= 0.3 is 0 Å². The zero-order chi connectivity index (χ0) is 16.1. The van der Waals surface area contributed by atoms with E-state index >= 15 is 0 Å². The highest BCUT2D eigenvalue weighted by molar-refractivity contribution is 6.30. The van der Waals surface area contributed by atoms with Crippen LogP contribution in [-0.2, 0) is 11.2 Å². The number of amides is 1. The van der Waals surface area contributed by atoms with Crippen LogP contribution in [0.25, 0.3) is 0 Å². The molecule has 5 heteroatoms. The summed E-state index contributed by atoms with van der Waals surface area (Å²) in [5, 5.41) is 0.690. The summed E-state index contributed by atoms with van der Waals surface area (Å²) in [6, 6.07) is 11.2. The van der Waals surface area contributed by atoms with E-state index in [1.54, 1.807) is 12.4 Å². The van der Waals surface area contributed by atoms with Crippen LogP contribution in [0.5, 0.6) is 5.75 Å². The van der Waals surface area contributed by atoms with Crippen LogP contribution in [0.3, 0.4) is 0 Å². The fourth-order valence-electron chi connectivity index (χ4n) is 2.72. The van der Waals surface area contributed by atoms with Crippen molar-refractivity contribution >= 4 is 17.5 Å². The molecular weight excluding hydrogens is 312 g/mol. The fourth-order valence-corrected chi connectivity index (χ4v) is 2.85. The Morgan fingerprint density at radius 2 is 1.78 bits per heavy atom. The molecule has 2 heterocycles. The first kappa shape index (κ1) is 15.8. The van der Waals surface area contributed by atoms with Crippen LogP contribution in [0.4, 0.5) is 0 Å². The molecule has 1 aliphatic heterocycles. The first-order chi connectivity index (χ1) is 11.2. The summed E-state index contributed by atoms with van der Waals surface area (Å²) in [4.78, 5) is 18.3. The van der Waals surface area contributed by atoms with E-state index in [1.165, 1.54) is 0 Å². The van der Waals surface area contributed by atoms with Crippen molar-refractivity contribution in [2.75, 3.05) is 13.1 Å². The molecule has 1 aliphatic rings. The molecule has 0 atom stereocenters. The molecule has 23 heavy (non-hydrogen) atoms. The van der Waals surface area contributed by atoms with Crippen molar-refractivity contribution in [3.8, 4) is 5.75 Å². The number of hydrogen-bond acceptors (Lipinski definition) is 3. The molecule has 1 fully saturated rings. The van der Waals surface area contributed by atoms with E-state index in [0.717, 1.165) is 37.2 Å². The third kappa shape index (κ3) is 4.45. The summed E-state index contributed by atoms with van der Waals surface area (Å²) in [7, 11) is 0. The standard InChI is InChI=1S/C18H19ClN2O2/c19-15-3-1-14(2-4-15)13-18(22)21-11-7-17(8-12-21)23-16-5-9-20-10-6-16/h1-6,9-10,17H,7-8,11-13H2. The van der Waals surface area contributed by atoms with Crippen LogP contribution >= 0.6 is 11.6 Å². The molecule has 1 aromatic heterocycles. The van der Waals surface area contributed by atoms with Gasteiger partial charge in [0.2, 0.25) is 5.91 Å². The van der Waals surface area contributed by atoms with Crippen molar-refractivity contribution in [2.24, 2.45) is 0 Å². The lowest BCUT2D eigenvalue weighted by molar-refractivity contribution is -0.132. The molecule has 1 saturated heterocycles. The van der Waals surface area contributed by atoms with Gasteiger partial charge in [0.1, 0.15) is 11.9 Å². The Labute approximate surface area is 141 Å². The summed E-state index contributed by atoms with van der Waals surface area (Å²) in [6.07, 6.45) is 5.74. The SMILES string of the molecule is O=C(Cc1ccc(Cl)cc1)N1CCC(Oc2ccncc2)CC1. The summed E-state index contributed by atoms with van der Waals surface area (Å²) < 4.78 is 5.92. The molecule has 4 nitrogen and oxygen atoms in total. The van der Waals surface area contributed by atoms with E-state index in [1.807, 2.05) is 41.3 Å². The average Bonchev–Trinajstić information content (AvgIpc) is 2.58. The molecule has 0 aliphatic carbocycles. The number of nitrogens with zero attached hydrogens (tertiary/aromatic N) is 2. The van der Waals surface area contributed by atoms with E-state index in [4.69, 9.17) is 16.3 Å². The van der Waals surface area contributed by atoms with Crippen molar-refractivity contribution in [1.29, 1.82) is 0 Å². The third-order valence-electron chi connectivity index (χ3n) is 4.02. The van der Waals surface area contributed by atoms with E-state index in [9.17, 15) is 4.79 Å². The smallest absolute Gasteiger partial charge is 0.226 e. The Morgan fingerprint density at radius 1 is 1.13 bits per heavy atom. The maximum absolute atomic E-state index is 12.4. The third-order valence-corrected chi connectivity index (χ3v) is 4.27. The van der Waals surface area contributed by atoms with Gasteiger partial charge in [0.25, 0.3) is 0 Å². The summed E-state index contributed by atoms with van der Waals surface area (Å²) in [6.45, 7) is 1.48. The van der Waals surface area contributed by atoms with Crippen molar-refractivity contribution in [3.05, 3.63) is 59.4 Å². The number of likely N-dealkylation sites (tertiary alicyclic amines) is 1. The lowest BCUT2D eigenvalue weighted by Gasteiger charge is -2.32. The summed E-state index contributed by atoms with van der Waals surface area (Å²) in [5.74, 6) is 1.00. The summed E-state index contributed by atoms with van der Waals surface area (Å²) >= 11 is 5.87. The second-order valence-electron chi connectivity index (χ2n) is 5.68. The predicted octanol–water partition coefficient (Wildman–Crippen LogP) is 3.35. The second kappa shape index (κ2) is 7.47. The number of pyridine rings is 1. The number of benzene rings is 1. The van der Waals surface area contributed by atoms with Crippen molar-refractivity contribution < 1.29 is 9.53 Å². The molecule has 2 aromatic rings. The summed E-state index contributed by atoms with van der Waals surface area (Å²) in [5.41, 5.74) is 0.995. The van der Waals surface area contributed by atoms with Gasteiger partial charge in [-0.25, -0.2) is 0 Å². The van der Waals surface area contributed by atoms with Gasteiger partial charge < -0.3 is 9.64 Å². The van der Waals surface area contributed by atoms with E-state index in [2.05, 4.69) is 4.98 Å². The number of hydrogen-bond donors (Lipinski definition) is 0. The zero-order valence-corrected chi connectivity index (χ0v) is 13.6. The van der Waals surface area contributed by atoms with Gasteiger partial charge in [-0.05, 0) is 29.8 Å². The van der Waals surface area contributed by atoms with Crippen LogP contribution in [0.1, 0.15) is 18.4 Å². The van der Waals surface area contributed by atoms with Crippen LogP contribution < -0.4 is 4.74 Å². The molecule has 0 N–H and O–H groups in total. The average molecular weight is 331 g/mol. The van der Waals surface area contributed by atoms with Crippen molar-refractivity contribution in [3.63, 3.8) is 0 Å². The highest BCUT2D eigenvalue weighted by atomic mass is 35.5. The van der Waals surface area contributed by atoms with Gasteiger partial charge in [-0.2, -0.15) is 0 Å². The van der Waals surface area contributed by atoms with Crippen molar-refractivity contribution in [2.45, 2.75) is 25.4 Å². The number of rotatable bonds is 4. The molecule has 0 spiro atoms. The van der Waals surface area contributed by atoms with E-state index in [0.29, 0.717) is 11.4 Å². The lowest BCUT2D eigenvalue weighted by Crippen LogP contribution is -2.42. The number of aromatic nitrogens is 1. The largest absolute Gasteiger partial charge is 0.490 e. The minimum atomic E-state index is 0.162. The van der Waals surface area contributed by atoms with Crippen LogP contribution in [-0.4, -0.2) is 35.0 Å². The normalized spacial score (nSPS) is 15.4. The fraction of sp³-hybridized carbons (Fsp3) is 0.333. The molecule has 0 unspecified atom stereocenters. The van der Waals surface area contributed by atoms with Gasteiger partial charge in [-0.3, -0.25) is 9.78 Å². The molecule has 1 amide bonds. The molecule has 120 valence electrons. The van der Waals surface area contributed by atoms with E-state index in [-0.39, 0.29) is 12.0 Å². The highest BCUT2D eigenvalue weighted by Gasteiger charge is 2.23. The first-order valence-electron chi connectivity index (χ1n) is 7.79. The zero-order valence-electron chi connectivity index (χ0n) is 12.8. The number of piperidine rings is 1. The van der Waals surface area contributed by atoms with E-state index < -0.39 is 0 Å². The Hall–Kier alpha value is -2.07. The Bertz CT molecular complexity index is 638. The van der Waals surface area contributed by atoms with Gasteiger partial charge in [0.15, 0.2) is 0 Å². The van der Waals surface area contributed by atoms with Gasteiger partial charge in [0, 0.05) is 43.3 Å². The Morgan fingerprint density at radius 3 is 2.43 bits per heavy atom. The minimum Gasteiger partial charge on any atom is -0.490 e. The molecule has 0 radical (unpaired) electrons. The molecule has 0 saturated carbocycles. The number of ether oxygens (including phenoxy) is 1. The molecule has 1 aromatic carbocycles. The molecule has 3 rings (SSSR count).